The zero-order valence-electron chi connectivity index (χ0n) is 10.7. The Labute approximate surface area is 115 Å². The highest BCUT2D eigenvalue weighted by Gasteiger charge is 2.18. The van der Waals surface area contributed by atoms with Crippen LogP contribution in [0.1, 0.15) is 29.4 Å². The van der Waals surface area contributed by atoms with Crippen molar-refractivity contribution >= 4 is 33.1 Å². The van der Waals surface area contributed by atoms with Crippen molar-refractivity contribution in [2.75, 3.05) is 12.3 Å². The molecule has 0 bridgehead atoms. The van der Waals surface area contributed by atoms with Gasteiger partial charge in [-0.1, -0.05) is 0 Å². The van der Waals surface area contributed by atoms with Gasteiger partial charge in [0.2, 0.25) is 0 Å². The number of carbonyl (C=O) groups excluding carboxylic acids is 1. The highest BCUT2D eigenvalue weighted by Crippen LogP contribution is 2.31. The molecule has 2 heterocycles. The second-order valence-electron chi connectivity index (χ2n) is 4.44. The summed E-state index contributed by atoms with van der Waals surface area (Å²) in [6, 6.07) is 3.68. The van der Waals surface area contributed by atoms with E-state index in [1.165, 1.54) is 11.3 Å². The van der Waals surface area contributed by atoms with E-state index in [9.17, 15) is 4.79 Å². The Balaban J connectivity index is 2.15. The first-order valence-electron chi connectivity index (χ1n) is 6.18. The van der Waals surface area contributed by atoms with Crippen molar-refractivity contribution in [2.24, 2.45) is 0 Å². The molecule has 6 heteroatoms. The number of hydrogen-bond donors (Lipinski definition) is 3. The first-order valence-corrected chi connectivity index (χ1v) is 7.00. The van der Waals surface area contributed by atoms with Gasteiger partial charge in [0, 0.05) is 24.2 Å². The predicted molar refractivity (Wildman–Crippen MR) is 77.3 cm³/mol. The van der Waals surface area contributed by atoms with Crippen LogP contribution in [-0.4, -0.2) is 28.6 Å². The van der Waals surface area contributed by atoms with E-state index in [0.29, 0.717) is 17.0 Å². The fourth-order valence-electron chi connectivity index (χ4n) is 1.88. The lowest BCUT2D eigenvalue weighted by Crippen LogP contribution is -2.32. The fourth-order valence-corrected chi connectivity index (χ4v) is 2.85. The van der Waals surface area contributed by atoms with Crippen LogP contribution in [-0.2, 0) is 0 Å². The topological polar surface area (TPSA) is 88.2 Å². The van der Waals surface area contributed by atoms with Crippen molar-refractivity contribution in [3.05, 3.63) is 23.2 Å². The molecule has 2 rings (SSSR count). The molecule has 0 aromatic carbocycles. The van der Waals surface area contributed by atoms with Gasteiger partial charge in [0.25, 0.3) is 5.91 Å². The van der Waals surface area contributed by atoms with Crippen molar-refractivity contribution in [3.8, 4) is 0 Å². The lowest BCUT2D eigenvalue weighted by atomic mass is 10.2. The first-order chi connectivity index (χ1) is 9.13. The summed E-state index contributed by atoms with van der Waals surface area (Å²) in [6.45, 7) is 2.05. The monoisotopic (exact) mass is 279 g/mol. The highest BCUT2D eigenvalue weighted by atomic mass is 32.1. The van der Waals surface area contributed by atoms with Crippen LogP contribution in [0, 0.1) is 0 Å². The van der Waals surface area contributed by atoms with Gasteiger partial charge >= 0.3 is 0 Å². The minimum absolute atomic E-state index is 0.0113. The SMILES string of the molecule is CC(CCCO)NC(=O)c1sc2ncccc2c1N. The van der Waals surface area contributed by atoms with Crippen LogP contribution in [0.4, 0.5) is 5.69 Å². The average Bonchev–Trinajstić information content (AvgIpc) is 2.74. The quantitative estimate of drug-likeness (QED) is 0.778. The molecule has 0 saturated carbocycles. The van der Waals surface area contributed by atoms with Gasteiger partial charge in [-0.05, 0) is 31.9 Å². The number of nitrogens with two attached hydrogens (primary N) is 1. The summed E-state index contributed by atoms with van der Waals surface area (Å²) < 4.78 is 0. The maximum Gasteiger partial charge on any atom is 0.263 e. The van der Waals surface area contributed by atoms with E-state index < -0.39 is 0 Å². The van der Waals surface area contributed by atoms with E-state index >= 15 is 0 Å². The minimum Gasteiger partial charge on any atom is -0.397 e. The summed E-state index contributed by atoms with van der Waals surface area (Å²) in [6.07, 6.45) is 3.10. The second-order valence-corrected chi connectivity index (χ2v) is 5.44. The third-order valence-electron chi connectivity index (χ3n) is 2.88. The largest absolute Gasteiger partial charge is 0.397 e. The van der Waals surface area contributed by atoms with E-state index in [1.54, 1.807) is 12.3 Å². The number of aromatic nitrogens is 1. The number of amides is 1. The predicted octanol–water partition coefficient (Wildman–Crippen LogP) is 1.77. The maximum atomic E-state index is 12.1. The molecular weight excluding hydrogens is 262 g/mol. The number of hydrogen-bond acceptors (Lipinski definition) is 5. The number of nitrogens with zero attached hydrogens (tertiary/aromatic N) is 1. The Morgan fingerprint density at radius 3 is 3.11 bits per heavy atom. The molecule has 4 N–H and O–H groups in total. The summed E-state index contributed by atoms with van der Waals surface area (Å²) in [5.41, 5.74) is 6.47. The molecule has 1 amide bonds. The van der Waals surface area contributed by atoms with Crippen molar-refractivity contribution in [2.45, 2.75) is 25.8 Å². The van der Waals surface area contributed by atoms with Gasteiger partial charge in [-0.3, -0.25) is 4.79 Å². The molecule has 0 spiro atoms. The highest BCUT2D eigenvalue weighted by molar-refractivity contribution is 7.21. The average molecular weight is 279 g/mol. The van der Waals surface area contributed by atoms with Crippen LogP contribution in [0.15, 0.2) is 18.3 Å². The van der Waals surface area contributed by atoms with Crippen LogP contribution in [0.2, 0.25) is 0 Å². The molecule has 0 aliphatic carbocycles. The summed E-state index contributed by atoms with van der Waals surface area (Å²) in [7, 11) is 0. The van der Waals surface area contributed by atoms with Crippen molar-refractivity contribution in [1.29, 1.82) is 0 Å². The summed E-state index contributed by atoms with van der Waals surface area (Å²) in [5.74, 6) is -0.175. The van der Waals surface area contributed by atoms with E-state index in [0.717, 1.165) is 16.6 Å². The lowest BCUT2D eigenvalue weighted by Gasteiger charge is -2.12. The van der Waals surface area contributed by atoms with Gasteiger partial charge in [0.05, 0.1) is 5.69 Å². The Bertz CT molecular complexity index is 582. The van der Waals surface area contributed by atoms with Crippen LogP contribution in [0.3, 0.4) is 0 Å². The Morgan fingerprint density at radius 1 is 1.63 bits per heavy atom. The number of pyridine rings is 1. The van der Waals surface area contributed by atoms with Gasteiger partial charge in [0.15, 0.2) is 0 Å². The molecule has 2 aromatic heterocycles. The van der Waals surface area contributed by atoms with Crippen molar-refractivity contribution in [1.82, 2.24) is 10.3 Å². The van der Waals surface area contributed by atoms with Crippen LogP contribution >= 0.6 is 11.3 Å². The molecular formula is C13H17N3O2S. The van der Waals surface area contributed by atoms with E-state index in [1.807, 2.05) is 13.0 Å². The molecule has 0 radical (unpaired) electrons. The molecule has 2 aromatic rings. The third-order valence-corrected chi connectivity index (χ3v) is 4.01. The maximum absolute atomic E-state index is 12.1. The molecule has 0 saturated heterocycles. The van der Waals surface area contributed by atoms with Crippen LogP contribution < -0.4 is 11.1 Å². The first kappa shape index (κ1) is 13.8. The van der Waals surface area contributed by atoms with Gasteiger partial charge < -0.3 is 16.2 Å². The van der Waals surface area contributed by atoms with E-state index in [4.69, 9.17) is 10.8 Å². The van der Waals surface area contributed by atoms with Crippen molar-refractivity contribution < 1.29 is 9.90 Å². The number of anilines is 1. The Kier molecular flexibility index (Phi) is 4.34. The fraction of sp³-hybridized carbons (Fsp3) is 0.385. The molecule has 102 valence electrons. The number of nitrogen functional groups attached to an aromatic ring is 1. The molecule has 0 fully saturated rings. The molecule has 5 nitrogen and oxygen atoms in total. The van der Waals surface area contributed by atoms with Gasteiger partial charge in [-0.15, -0.1) is 11.3 Å². The Hall–Kier alpha value is -1.66. The normalized spacial score (nSPS) is 12.5. The number of carbonyl (C=O) groups is 1. The smallest absolute Gasteiger partial charge is 0.263 e. The van der Waals surface area contributed by atoms with E-state index in [-0.39, 0.29) is 18.6 Å². The molecule has 1 unspecified atom stereocenters. The van der Waals surface area contributed by atoms with Gasteiger partial charge in [-0.25, -0.2) is 4.98 Å². The Morgan fingerprint density at radius 2 is 2.42 bits per heavy atom. The standard InChI is InChI=1S/C13H17N3O2S/c1-8(4-3-7-17)16-12(18)11-10(14)9-5-2-6-15-13(9)19-11/h2,5-6,8,17H,3-4,7,14H2,1H3,(H,16,18). The molecule has 0 aliphatic rings. The summed E-state index contributed by atoms with van der Waals surface area (Å²) in [5, 5.41) is 12.5. The minimum atomic E-state index is -0.175. The summed E-state index contributed by atoms with van der Waals surface area (Å²) >= 11 is 1.30. The molecule has 19 heavy (non-hydrogen) atoms. The van der Waals surface area contributed by atoms with Gasteiger partial charge in [0.1, 0.15) is 9.71 Å². The zero-order chi connectivity index (χ0) is 13.8. The lowest BCUT2D eigenvalue weighted by molar-refractivity contribution is 0.0941. The number of aliphatic hydroxyl groups is 1. The number of nitrogens with one attached hydrogen (secondary N) is 1. The summed E-state index contributed by atoms with van der Waals surface area (Å²) in [4.78, 5) is 17.6. The van der Waals surface area contributed by atoms with Gasteiger partial charge in [-0.2, -0.15) is 0 Å². The second kappa shape index (κ2) is 5.99. The molecule has 1 atom stereocenters. The van der Waals surface area contributed by atoms with Crippen molar-refractivity contribution in [3.63, 3.8) is 0 Å². The zero-order valence-corrected chi connectivity index (χ0v) is 11.5. The van der Waals surface area contributed by atoms with Crippen LogP contribution in [0.5, 0.6) is 0 Å². The third kappa shape index (κ3) is 3.02. The number of rotatable bonds is 5. The number of aliphatic hydroxyl groups excluding tert-OH is 1. The van der Waals surface area contributed by atoms with E-state index in [2.05, 4.69) is 10.3 Å². The number of fused-ring (bicyclic) bond motifs is 1. The van der Waals surface area contributed by atoms with Crippen LogP contribution in [0.25, 0.3) is 10.2 Å². The number of thiophene rings is 1. The molecule has 0 aliphatic heterocycles.